The van der Waals surface area contributed by atoms with Crippen LogP contribution in [0.25, 0.3) is 10.9 Å². The second-order valence-electron chi connectivity index (χ2n) is 3.39. The van der Waals surface area contributed by atoms with Crippen LogP contribution in [0.2, 0.25) is 0 Å². The zero-order valence-electron chi connectivity index (χ0n) is 8.58. The second kappa shape index (κ2) is 3.99. The summed E-state index contributed by atoms with van der Waals surface area (Å²) in [5.74, 6) is 2.17. The number of rotatable bonds is 2. The van der Waals surface area contributed by atoms with Gasteiger partial charge in [-0.15, -0.1) is 6.42 Å². The van der Waals surface area contributed by atoms with Crippen LogP contribution in [0.3, 0.4) is 0 Å². The minimum absolute atomic E-state index is 0.186. The molecule has 1 amide bonds. The maximum Gasteiger partial charge on any atom is 0.254 e. The third-order valence-electron chi connectivity index (χ3n) is 2.30. The van der Waals surface area contributed by atoms with Gasteiger partial charge in [-0.2, -0.15) is 0 Å². The van der Waals surface area contributed by atoms with Gasteiger partial charge in [-0.25, -0.2) is 0 Å². The van der Waals surface area contributed by atoms with Crippen molar-refractivity contribution in [2.24, 2.45) is 0 Å². The van der Waals surface area contributed by atoms with Gasteiger partial charge in [0.15, 0.2) is 0 Å². The molecular formula is C12H11N3O. The van der Waals surface area contributed by atoms with Gasteiger partial charge in [0.05, 0.1) is 12.1 Å². The summed E-state index contributed by atoms with van der Waals surface area (Å²) in [6.45, 7) is 0.223. The van der Waals surface area contributed by atoms with Gasteiger partial charge >= 0.3 is 0 Å². The summed E-state index contributed by atoms with van der Waals surface area (Å²) in [5, 5.41) is 3.45. The number of carbonyl (C=O) groups excluding carboxylic acids is 1. The number of aromatic nitrogens is 1. The molecule has 0 radical (unpaired) electrons. The van der Waals surface area contributed by atoms with Crippen molar-refractivity contribution in [3.05, 3.63) is 30.0 Å². The predicted molar refractivity (Wildman–Crippen MR) is 63.9 cm³/mol. The Bertz CT molecular complexity index is 577. The highest BCUT2D eigenvalue weighted by Crippen LogP contribution is 2.20. The molecule has 4 N–H and O–H groups in total. The van der Waals surface area contributed by atoms with Crippen LogP contribution < -0.4 is 11.1 Å². The maximum absolute atomic E-state index is 11.7. The molecular weight excluding hydrogens is 202 g/mol. The van der Waals surface area contributed by atoms with Crippen molar-refractivity contribution < 1.29 is 4.79 Å². The van der Waals surface area contributed by atoms with Crippen LogP contribution in [-0.4, -0.2) is 17.4 Å². The van der Waals surface area contributed by atoms with E-state index in [1.54, 1.807) is 18.3 Å². The number of nitrogen functional groups attached to an aromatic ring is 1. The first-order valence-electron chi connectivity index (χ1n) is 4.80. The number of aromatic amines is 1. The molecule has 0 bridgehead atoms. The highest BCUT2D eigenvalue weighted by molar-refractivity contribution is 6.07. The number of terminal acetylenes is 1. The molecule has 4 nitrogen and oxygen atoms in total. The molecule has 2 rings (SSSR count). The van der Waals surface area contributed by atoms with Crippen molar-refractivity contribution in [3.8, 4) is 12.3 Å². The molecule has 0 saturated heterocycles. The molecule has 16 heavy (non-hydrogen) atoms. The molecule has 0 aliphatic heterocycles. The molecule has 4 heteroatoms. The summed E-state index contributed by atoms with van der Waals surface area (Å²) in [7, 11) is 0. The topological polar surface area (TPSA) is 70.9 Å². The number of carbonyl (C=O) groups is 1. The van der Waals surface area contributed by atoms with E-state index < -0.39 is 0 Å². The van der Waals surface area contributed by atoms with Crippen molar-refractivity contribution in [1.29, 1.82) is 0 Å². The van der Waals surface area contributed by atoms with Crippen LogP contribution in [0, 0.1) is 12.3 Å². The van der Waals surface area contributed by atoms with Gasteiger partial charge in [-0.1, -0.05) is 5.92 Å². The van der Waals surface area contributed by atoms with E-state index in [0.29, 0.717) is 11.3 Å². The number of nitrogens with two attached hydrogens (primary N) is 1. The van der Waals surface area contributed by atoms with Gasteiger partial charge in [-0.3, -0.25) is 4.79 Å². The summed E-state index contributed by atoms with van der Waals surface area (Å²) < 4.78 is 0. The number of benzene rings is 1. The van der Waals surface area contributed by atoms with E-state index in [2.05, 4.69) is 16.2 Å². The molecule has 0 atom stereocenters. The fourth-order valence-corrected chi connectivity index (χ4v) is 1.56. The fourth-order valence-electron chi connectivity index (χ4n) is 1.56. The molecule has 0 unspecified atom stereocenters. The smallest absolute Gasteiger partial charge is 0.254 e. The Balaban J connectivity index is 2.39. The molecule has 0 aliphatic rings. The molecule has 0 fully saturated rings. The molecule has 2 aromatic rings. The first kappa shape index (κ1) is 10.1. The van der Waals surface area contributed by atoms with E-state index in [4.69, 9.17) is 12.2 Å². The van der Waals surface area contributed by atoms with Gasteiger partial charge in [0, 0.05) is 22.8 Å². The summed E-state index contributed by atoms with van der Waals surface area (Å²) in [6.07, 6.45) is 6.72. The number of nitrogens with one attached hydrogen (secondary N) is 2. The highest BCUT2D eigenvalue weighted by Gasteiger charge is 2.10. The number of amides is 1. The van der Waals surface area contributed by atoms with Gasteiger partial charge in [0.2, 0.25) is 0 Å². The minimum atomic E-state index is -0.186. The van der Waals surface area contributed by atoms with Gasteiger partial charge in [0.1, 0.15) is 0 Å². The first-order valence-corrected chi connectivity index (χ1v) is 4.80. The van der Waals surface area contributed by atoms with E-state index in [9.17, 15) is 4.79 Å². The van der Waals surface area contributed by atoms with Crippen molar-refractivity contribution in [3.63, 3.8) is 0 Å². The van der Waals surface area contributed by atoms with Crippen molar-refractivity contribution in [2.75, 3.05) is 12.3 Å². The molecule has 1 heterocycles. The Hall–Kier alpha value is -2.41. The van der Waals surface area contributed by atoms with Crippen LogP contribution in [0.1, 0.15) is 10.4 Å². The predicted octanol–water partition coefficient (Wildman–Crippen LogP) is 1.11. The van der Waals surface area contributed by atoms with E-state index in [1.807, 2.05) is 6.07 Å². The maximum atomic E-state index is 11.7. The molecule has 1 aromatic carbocycles. The summed E-state index contributed by atoms with van der Waals surface area (Å²) in [4.78, 5) is 14.7. The zero-order chi connectivity index (χ0) is 11.5. The Morgan fingerprint density at radius 1 is 1.56 bits per heavy atom. The average molecular weight is 213 g/mol. The third kappa shape index (κ3) is 1.71. The second-order valence-corrected chi connectivity index (χ2v) is 3.39. The molecule has 0 saturated carbocycles. The molecule has 0 aliphatic carbocycles. The normalized spacial score (nSPS) is 9.94. The van der Waals surface area contributed by atoms with Gasteiger partial charge in [-0.05, 0) is 18.2 Å². The third-order valence-corrected chi connectivity index (χ3v) is 2.30. The number of hydrogen-bond acceptors (Lipinski definition) is 2. The SMILES string of the molecule is C#CCNC(=O)c1c[nH]c2cc(N)ccc12. The Morgan fingerprint density at radius 2 is 2.38 bits per heavy atom. The average Bonchev–Trinajstić information content (AvgIpc) is 2.68. The Kier molecular flexibility index (Phi) is 2.52. The van der Waals surface area contributed by atoms with E-state index in [1.165, 1.54) is 0 Å². The minimum Gasteiger partial charge on any atom is -0.399 e. The number of H-pyrrole nitrogens is 1. The van der Waals surface area contributed by atoms with Gasteiger partial charge in [0.25, 0.3) is 5.91 Å². The zero-order valence-corrected chi connectivity index (χ0v) is 8.58. The lowest BCUT2D eigenvalue weighted by Crippen LogP contribution is -2.23. The number of hydrogen-bond donors (Lipinski definition) is 3. The van der Waals surface area contributed by atoms with Crippen LogP contribution in [0.5, 0.6) is 0 Å². The summed E-state index contributed by atoms with van der Waals surface area (Å²) >= 11 is 0. The van der Waals surface area contributed by atoms with Crippen molar-refractivity contribution in [2.45, 2.75) is 0 Å². The Morgan fingerprint density at radius 3 is 3.12 bits per heavy atom. The summed E-state index contributed by atoms with van der Waals surface area (Å²) in [6, 6.07) is 5.35. The quantitative estimate of drug-likeness (QED) is 0.516. The van der Waals surface area contributed by atoms with E-state index in [-0.39, 0.29) is 12.5 Å². The monoisotopic (exact) mass is 213 g/mol. The van der Waals surface area contributed by atoms with Crippen LogP contribution in [0.4, 0.5) is 5.69 Å². The largest absolute Gasteiger partial charge is 0.399 e. The van der Waals surface area contributed by atoms with Gasteiger partial charge < -0.3 is 16.0 Å². The first-order chi connectivity index (χ1) is 7.72. The summed E-state index contributed by atoms with van der Waals surface area (Å²) in [5.41, 5.74) is 7.71. The molecule has 80 valence electrons. The van der Waals surface area contributed by atoms with Crippen molar-refractivity contribution >= 4 is 22.5 Å². The van der Waals surface area contributed by atoms with Crippen LogP contribution in [0.15, 0.2) is 24.4 Å². The molecule has 1 aromatic heterocycles. The fraction of sp³-hybridized carbons (Fsp3) is 0.0833. The number of anilines is 1. The van der Waals surface area contributed by atoms with Crippen molar-refractivity contribution in [1.82, 2.24) is 10.3 Å². The molecule has 0 spiro atoms. The number of fused-ring (bicyclic) bond motifs is 1. The lowest BCUT2D eigenvalue weighted by molar-refractivity contribution is 0.0960. The Labute approximate surface area is 92.8 Å². The highest BCUT2D eigenvalue weighted by atomic mass is 16.1. The van der Waals surface area contributed by atoms with E-state index >= 15 is 0 Å². The standard InChI is InChI=1S/C12H11N3O/c1-2-5-14-12(16)10-7-15-11-6-8(13)3-4-9(10)11/h1,3-4,6-7,15H,5,13H2,(H,14,16). The van der Waals surface area contributed by atoms with Crippen LogP contribution >= 0.6 is 0 Å². The van der Waals surface area contributed by atoms with Crippen LogP contribution in [-0.2, 0) is 0 Å². The lowest BCUT2D eigenvalue weighted by Gasteiger charge is -1.99. The lowest BCUT2D eigenvalue weighted by atomic mass is 10.1. The van der Waals surface area contributed by atoms with E-state index in [0.717, 1.165) is 10.9 Å².